The lowest BCUT2D eigenvalue weighted by Crippen LogP contribution is -1.92. The van der Waals surface area contributed by atoms with Crippen LogP contribution in [0.1, 0.15) is 0 Å². The molecule has 106 valence electrons. The molecular weight excluding hydrogens is 368 g/mol. The van der Waals surface area contributed by atoms with E-state index in [0.29, 0.717) is 5.75 Å². The second-order valence-corrected chi connectivity index (χ2v) is 5.68. The van der Waals surface area contributed by atoms with Crippen LogP contribution in [0.3, 0.4) is 0 Å². The van der Waals surface area contributed by atoms with Crippen LogP contribution in [0.25, 0.3) is 11.1 Å². The van der Waals surface area contributed by atoms with E-state index < -0.39 is 5.82 Å². The van der Waals surface area contributed by atoms with Gasteiger partial charge in [-0.15, -0.1) is 0 Å². The molecule has 0 saturated heterocycles. The van der Waals surface area contributed by atoms with Gasteiger partial charge in [-0.1, -0.05) is 58.0 Å². The highest BCUT2D eigenvalue weighted by Gasteiger charge is 2.22. The SMILES string of the molecule is COc1ccc(F)c(-c2c(Cl)c(Cl)c(Cl)c(Cl)c2Cl)c1. The number of benzene rings is 2. The monoisotopic (exact) mass is 372 g/mol. The fourth-order valence-corrected chi connectivity index (χ4v) is 3.01. The van der Waals surface area contributed by atoms with Gasteiger partial charge in [0.1, 0.15) is 11.6 Å². The van der Waals surface area contributed by atoms with Crippen molar-refractivity contribution in [3.63, 3.8) is 0 Å². The third kappa shape index (κ3) is 2.68. The number of ether oxygens (including phenoxy) is 1. The molecule has 0 aliphatic rings. The van der Waals surface area contributed by atoms with Crippen molar-refractivity contribution in [2.75, 3.05) is 7.11 Å². The van der Waals surface area contributed by atoms with E-state index in [1.54, 1.807) is 0 Å². The first-order chi connectivity index (χ1) is 9.38. The molecule has 0 amide bonds. The van der Waals surface area contributed by atoms with Crippen LogP contribution >= 0.6 is 58.0 Å². The normalized spacial score (nSPS) is 10.8. The van der Waals surface area contributed by atoms with Crippen molar-refractivity contribution in [1.82, 2.24) is 0 Å². The summed E-state index contributed by atoms with van der Waals surface area (Å²) in [4.78, 5) is 0. The second kappa shape index (κ2) is 6.17. The third-order valence-corrected chi connectivity index (χ3v) is 4.93. The van der Waals surface area contributed by atoms with Crippen LogP contribution in [0.2, 0.25) is 25.1 Å². The number of rotatable bonds is 2. The first-order valence-electron chi connectivity index (χ1n) is 5.23. The Morgan fingerprint density at radius 3 is 1.85 bits per heavy atom. The topological polar surface area (TPSA) is 9.23 Å². The first-order valence-corrected chi connectivity index (χ1v) is 7.12. The molecule has 0 radical (unpaired) electrons. The Labute approximate surface area is 140 Å². The standard InChI is InChI=1S/C13H6Cl5FO/c1-20-5-2-3-7(19)6(4-5)8-9(14)11(16)13(18)12(17)10(8)15/h2-4H,1H3. The molecule has 1 nitrogen and oxygen atoms in total. The minimum Gasteiger partial charge on any atom is -0.497 e. The van der Waals surface area contributed by atoms with Crippen LogP contribution in [0.5, 0.6) is 5.75 Å². The van der Waals surface area contributed by atoms with Gasteiger partial charge >= 0.3 is 0 Å². The molecule has 0 N–H and O–H groups in total. The Morgan fingerprint density at radius 2 is 1.35 bits per heavy atom. The zero-order chi connectivity index (χ0) is 15.0. The van der Waals surface area contributed by atoms with Gasteiger partial charge < -0.3 is 4.74 Å². The maximum atomic E-state index is 14.0. The molecule has 0 saturated carbocycles. The Balaban J connectivity index is 2.83. The number of halogens is 6. The van der Waals surface area contributed by atoms with E-state index in [9.17, 15) is 4.39 Å². The molecule has 7 heteroatoms. The molecule has 0 aliphatic carbocycles. The Bertz CT molecular complexity index is 658. The lowest BCUT2D eigenvalue weighted by atomic mass is 10.0. The Kier molecular flexibility index (Phi) is 4.93. The van der Waals surface area contributed by atoms with Gasteiger partial charge in [0, 0.05) is 11.1 Å². The van der Waals surface area contributed by atoms with Crippen molar-refractivity contribution in [2.45, 2.75) is 0 Å². The summed E-state index contributed by atoms with van der Waals surface area (Å²) in [6, 6.07) is 4.15. The fourth-order valence-electron chi connectivity index (χ4n) is 1.66. The molecule has 2 aromatic rings. The highest BCUT2D eigenvalue weighted by molar-refractivity contribution is 6.56. The summed E-state index contributed by atoms with van der Waals surface area (Å²) in [5, 5.41) is 0.103. The van der Waals surface area contributed by atoms with Gasteiger partial charge in [0.25, 0.3) is 0 Å². The lowest BCUT2D eigenvalue weighted by Gasteiger charge is -2.14. The Morgan fingerprint density at radius 1 is 0.850 bits per heavy atom. The van der Waals surface area contributed by atoms with Gasteiger partial charge in [-0.05, 0) is 18.2 Å². The molecule has 0 heterocycles. The predicted octanol–water partition coefficient (Wildman–Crippen LogP) is 6.77. The number of methoxy groups -OCH3 is 1. The van der Waals surface area contributed by atoms with Crippen LogP contribution in [0.15, 0.2) is 18.2 Å². The van der Waals surface area contributed by atoms with Crippen LogP contribution in [-0.4, -0.2) is 7.11 Å². The van der Waals surface area contributed by atoms with Gasteiger partial charge in [0.2, 0.25) is 0 Å². The highest BCUT2D eigenvalue weighted by atomic mass is 35.5. The van der Waals surface area contributed by atoms with Crippen molar-refractivity contribution in [1.29, 1.82) is 0 Å². The quantitative estimate of drug-likeness (QED) is 0.416. The average Bonchev–Trinajstić information content (AvgIpc) is 2.45. The molecule has 0 aliphatic heterocycles. The summed E-state index contributed by atoms with van der Waals surface area (Å²) in [6.07, 6.45) is 0. The molecule has 2 aromatic carbocycles. The molecule has 0 unspecified atom stereocenters. The lowest BCUT2D eigenvalue weighted by molar-refractivity contribution is 0.414. The summed E-state index contributed by atoms with van der Waals surface area (Å²) >= 11 is 30.1. The van der Waals surface area contributed by atoms with Gasteiger partial charge in [0.05, 0.1) is 32.2 Å². The summed E-state index contributed by atoms with van der Waals surface area (Å²) < 4.78 is 19.1. The van der Waals surface area contributed by atoms with Crippen molar-refractivity contribution < 1.29 is 9.13 Å². The summed E-state index contributed by atoms with van der Waals surface area (Å²) in [5.74, 6) is -0.0974. The van der Waals surface area contributed by atoms with E-state index in [0.717, 1.165) is 0 Å². The summed E-state index contributed by atoms with van der Waals surface area (Å²) in [5.41, 5.74) is 0.295. The zero-order valence-electron chi connectivity index (χ0n) is 9.91. The van der Waals surface area contributed by atoms with Gasteiger partial charge in [-0.25, -0.2) is 4.39 Å². The van der Waals surface area contributed by atoms with Crippen molar-refractivity contribution in [3.05, 3.63) is 49.1 Å². The van der Waals surface area contributed by atoms with Crippen LogP contribution in [0, 0.1) is 5.82 Å². The minimum absolute atomic E-state index is 0.0138. The van der Waals surface area contributed by atoms with Gasteiger partial charge in [-0.3, -0.25) is 0 Å². The van der Waals surface area contributed by atoms with Gasteiger partial charge in [-0.2, -0.15) is 0 Å². The second-order valence-electron chi connectivity index (χ2n) is 3.79. The maximum absolute atomic E-state index is 14.0. The van der Waals surface area contributed by atoms with E-state index in [4.69, 9.17) is 62.7 Å². The first kappa shape index (κ1) is 16.0. The third-order valence-electron chi connectivity index (χ3n) is 2.65. The van der Waals surface area contributed by atoms with E-state index in [1.807, 2.05) is 0 Å². The molecule has 20 heavy (non-hydrogen) atoms. The molecule has 0 spiro atoms. The molecular formula is C13H6Cl5FO. The molecule has 0 fully saturated rings. The molecule has 0 aromatic heterocycles. The average molecular weight is 374 g/mol. The van der Waals surface area contributed by atoms with Crippen LogP contribution in [0.4, 0.5) is 4.39 Å². The molecule has 0 atom stereocenters. The minimum atomic E-state index is -0.538. The number of hydrogen-bond acceptors (Lipinski definition) is 1. The summed E-state index contributed by atoms with van der Waals surface area (Å²) in [6.45, 7) is 0. The van der Waals surface area contributed by atoms with Crippen molar-refractivity contribution >= 4 is 58.0 Å². The van der Waals surface area contributed by atoms with Crippen LogP contribution in [-0.2, 0) is 0 Å². The van der Waals surface area contributed by atoms with Crippen LogP contribution < -0.4 is 4.74 Å². The highest BCUT2D eigenvalue weighted by Crippen LogP contribution is 2.49. The largest absolute Gasteiger partial charge is 0.497 e. The van der Waals surface area contributed by atoms with E-state index in [-0.39, 0.29) is 36.2 Å². The van der Waals surface area contributed by atoms with E-state index in [2.05, 4.69) is 0 Å². The summed E-state index contributed by atoms with van der Waals surface area (Å²) in [7, 11) is 1.46. The van der Waals surface area contributed by atoms with Crippen molar-refractivity contribution in [2.24, 2.45) is 0 Å². The zero-order valence-corrected chi connectivity index (χ0v) is 13.7. The Hall–Kier alpha value is -0.380. The van der Waals surface area contributed by atoms with E-state index >= 15 is 0 Å². The predicted molar refractivity (Wildman–Crippen MR) is 83.4 cm³/mol. The fraction of sp³-hybridized carbons (Fsp3) is 0.0769. The van der Waals surface area contributed by atoms with Gasteiger partial charge in [0.15, 0.2) is 0 Å². The maximum Gasteiger partial charge on any atom is 0.131 e. The van der Waals surface area contributed by atoms with Crippen molar-refractivity contribution in [3.8, 4) is 16.9 Å². The van der Waals surface area contributed by atoms with E-state index in [1.165, 1.54) is 25.3 Å². The number of hydrogen-bond donors (Lipinski definition) is 0. The molecule has 0 bridgehead atoms. The smallest absolute Gasteiger partial charge is 0.131 e. The molecule has 2 rings (SSSR count).